The maximum absolute atomic E-state index is 12.1. The molecule has 1 heterocycles. The highest BCUT2D eigenvalue weighted by Crippen LogP contribution is 2.33. The number of nitrogens with zero attached hydrogens (tertiary/aromatic N) is 1. The summed E-state index contributed by atoms with van der Waals surface area (Å²) in [4.78, 5) is 10.8. The molecule has 0 aliphatic heterocycles. The van der Waals surface area contributed by atoms with E-state index in [1.807, 2.05) is 0 Å². The maximum atomic E-state index is 12.1. The van der Waals surface area contributed by atoms with Crippen LogP contribution in [-0.4, -0.2) is 36.9 Å². The van der Waals surface area contributed by atoms with Crippen molar-refractivity contribution in [3.05, 3.63) is 14.7 Å². The van der Waals surface area contributed by atoms with Crippen molar-refractivity contribution in [3.63, 3.8) is 0 Å². The van der Waals surface area contributed by atoms with Gasteiger partial charge in [0.25, 0.3) is 0 Å². The highest BCUT2D eigenvalue weighted by molar-refractivity contribution is 9.11. The Balaban J connectivity index is 3.29. The molecule has 0 saturated carbocycles. The van der Waals surface area contributed by atoms with E-state index in [1.165, 1.54) is 17.4 Å². The number of aromatic carboxylic acids is 1. The number of thiophene rings is 1. The molecule has 0 atom stereocenters. The number of carboxylic acids is 1. The van der Waals surface area contributed by atoms with Crippen LogP contribution in [0, 0.1) is 0 Å². The topological polar surface area (TPSA) is 74.7 Å². The highest BCUT2D eigenvalue weighted by atomic mass is 79.9. The summed E-state index contributed by atoms with van der Waals surface area (Å²) in [6, 6.07) is 0.978. The van der Waals surface area contributed by atoms with E-state index in [4.69, 9.17) is 5.11 Å². The van der Waals surface area contributed by atoms with Crippen molar-refractivity contribution >= 4 is 43.3 Å². The Morgan fingerprint density at radius 1 is 1.53 bits per heavy atom. The first kappa shape index (κ1) is 14.6. The molecule has 0 bridgehead atoms. The van der Waals surface area contributed by atoms with Crippen LogP contribution in [0.15, 0.2) is 14.7 Å². The van der Waals surface area contributed by atoms with E-state index in [2.05, 4.69) is 15.9 Å². The number of halogens is 1. The van der Waals surface area contributed by atoms with Crippen LogP contribution in [0.1, 0.15) is 23.5 Å². The van der Waals surface area contributed by atoms with Crippen LogP contribution in [0.5, 0.6) is 0 Å². The second kappa shape index (κ2) is 5.05. The SMILES string of the molecule is CC(C)N(C)S(=O)(=O)c1cc(C(=O)O)sc1Br. The standard InChI is InChI=1S/C9H12BrNO4S2/c1-5(2)11(3)17(14,15)7-4-6(9(12)13)16-8(7)10/h4-5H,1-3H3,(H,12,13). The molecule has 1 N–H and O–H groups in total. The van der Waals surface area contributed by atoms with Gasteiger partial charge in [-0.15, -0.1) is 11.3 Å². The summed E-state index contributed by atoms with van der Waals surface area (Å²) in [5.74, 6) is -1.13. The quantitative estimate of drug-likeness (QED) is 0.911. The van der Waals surface area contributed by atoms with Gasteiger partial charge in [-0.1, -0.05) is 0 Å². The van der Waals surface area contributed by atoms with Gasteiger partial charge in [-0.3, -0.25) is 0 Å². The van der Waals surface area contributed by atoms with E-state index in [-0.39, 0.29) is 15.8 Å². The van der Waals surface area contributed by atoms with E-state index in [0.717, 1.165) is 11.3 Å². The Kier molecular flexibility index (Phi) is 4.34. The van der Waals surface area contributed by atoms with Gasteiger partial charge in [-0.05, 0) is 35.8 Å². The Hall–Kier alpha value is -0.440. The van der Waals surface area contributed by atoms with Crippen molar-refractivity contribution in [2.75, 3.05) is 7.05 Å². The second-order valence-electron chi connectivity index (χ2n) is 3.67. The fourth-order valence-electron chi connectivity index (χ4n) is 1.07. The number of sulfonamides is 1. The summed E-state index contributed by atoms with van der Waals surface area (Å²) in [5, 5.41) is 8.82. The fraction of sp³-hybridized carbons (Fsp3) is 0.444. The van der Waals surface area contributed by atoms with Crippen LogP contribution in [0.25, 0.3) is 0 Å². The van der Waals surface area contributed by atoms with Crippen molar-refractivity contribution in [1.29, 1.82) is 0 Å². The number of hydrogen-bond donors (Lipinski definition) is 1. The molecular weight excluding hydrogens is 330 g/mol. The lowest BCUT2D eigenvalue weighted by atomic mass is 10.4. The summed E-state index contributed by atoms with van der Waals surface area (Å²) in [6.45, 7) is 3.49. The number of carbonyl (C=O) groups is 1. The largest absolute Gasteiger partial charge is 0.477 e. The van der Waals surface area contributed by atoms with Gasteiger partial charge < -0.3 is 5.11 Å². The zero-order valence-electron chi connectivity index (χ0n) is 9.47. The summed E-state index contributed by atoms with van der Waals surface area (Å²) in [6.07, 6.45) is 0. The first-order valence-electron chi connectivity index (χ1n) is 4.68. The predicted octanol–water partition coefficient (Wildman–Crippen LogP) is 2.24. The third-order valence-corrected chi connectivity index (χ3v) is 6.52. The molecule has 0 unspecified atom stereocenters. The zero-order chi connectivity index (χ0) is 13.4. The highest BCUT2D eigenvalue weighted by Gasteiger charge is 2.28. The number of hydrogen-bond acceptors (Lipinski definition) is 4. The van der Waals surface area contributed by atoms with E-state index < -0.39 is 16.0 Å². The Bertz CT molecular complexity index is 535. The third kappa shape index (κ3) is 2.87. The molecule has 0 amide bonds. The van der Waals surface area contributed by atoms with E-state index >= 15 is 0 Å². The molecule has 96 valence electrons. The monoisotopic (exact) mass is 341 g/mol. The van der Waals surface area contributed by atoms with Crippen molar-refractivity contribution < 1.29 is 18.3 Å². The second-order valence-corrected chi connectivity index (χ2v) is 8.00. The zero-order valence-corrected chi connectivity index (χ0v) is 12.7. The molecule has 0 saturated heterocycles. The molecule has 5 nitrogen and oxygen atoms in total. The lowest BCUT2D eigenvalue weighted by Crippen LogP contribution is -2.33. The smallest absolute Gasteiger partial charge is 0.345 e. The minimum Gasteiger partial charge on any atom is -0.477 e. The van der Waals surface area contributed by atoms with Crippen molar-refractivity contribution in [2.24, 2.45) is 0 Å². The van der Waals surface area contributed by atoms with Gasteiger partial charge in [-0.2, -0.15) is 4.31 Å². The normalized spacial score (nSPS) is 12.4. The summed E-state index contributed by atoms with van der Waals surface area (Å²) < 4.78 is 25.8. The van der Waals surface area contributed by atoms with Crippen LogP contribution in [0.4, 0.5) is 0 Å². The van der Waals surface area contributed by atoms with Gasteiger partial charge in [-0.25, -0.2) is 13.2 Å². The van der Waals surface area contributed by atoms with Crippen LogP contribution in [-0.2, 0) is 10.0 Å². The van der Waals surface area contributed by atoms with E-state index in [9.17, 15) is 13.2 Å². The lowest BCUT2D eigenvalue weighted by Gasteiger charge is -2.20. The first-order chi connectivity index (χ1) is 7.67. The Morgan fingerprint density at radius 2 is 2.06 bits per heavy atom. The maximum Gasteiger partial charge on any atom is 0.345 e. The minimum atomic E-state index is -3.65. The molecule has 8 heteroatoms. The van der Waals surface area contributed by atoms with Crippen molar-refractivity contribution in [1.82, 2.24) is 4.31 Å². The molecule has 17 heavy (non-hydrogen) atoms. The Labute approximate surface area is 112 Å². The summed E-state index contributed by atoms with van der Waals surface area (Å²) in [7, 11) is -2.19. The van der Waals surface area contributed by atoms with Crippen molar-refractivity contribution in [2.45, 2.75) is 24.8 Å². The van der Waals surface area contributed by atoms with Crippen LogP contribution in [0.2, 0.25) is 0 Å². The van der Waals surface area contributed by atoms with Gasteiger partial charge in [0, 0.05) is 13.1 Å². The Morgan fingerprint density at radius 3 is 2.41 bits per heavy atom. The summed E-state index contributed by atoms with van der Waals surface area (Å²) in [5.41, 5.74) is 0. The minimum absolute atomic E-state index is 0.00361. The molecular formula is C9H12BrNO4S2. The molecule has 0 aliphatic carbocycles. The average molecular weight is 342 g/mol. The average Bonchev–Trinajstić information content (AvgIpc) is 2.59. The number of rotatable bonds is 4. The van der Waals surface area contributed by atoms with Gasteiger partial charge in [0.2, 0.25) is 10.0 Å². The molecule has 1 rings (SSSR count). The third-order valence-electron chi connectivity index (χ3n) is 2.25. The van der Waals surface area contributed by atoms with Gasteiger partial charge in [0.05, 0.1) is 3.79 Å². The molecule has 0 fully saturated rings. The van der Waals surface area contributed by atoms with Gasteiger partial charge in [0.15, 0.2) is 0 Å². The van der Waals surface area contributed by atoms with E-state index in [1.54, 1.807) is 13.8 Å². The summed E-state index contributed by atoms with van der Waals surface area (Å²) >= 11 is 3.98. The van der Waals surface area contributed by atoms with Gasteiger partial charge in [0.1, 0.15) is 9.77 Å². The van der Waals surface area contributed by atoms with Crippen molar-refractivity contribution in [3.8, 4) is 0 Å². The molecule has 0 aromatic carbocycles. The molecule has 0 radical (unpaired) electrons. The van der Waals surface area contributed by atoms with Crippen LogP contribution in [0.3, 0.4) is 0 Å². The van der Waals surface area contributed by atoms with Crippen LogP contribution < -0.4 is 0 Å². The molecule has 1 aromatic heterocycles. The fourth-order valence-corrected chi connectivity index (χ4v) is 4.78. The lowest BCUT2D eigenvalue weighted by molar-refractivity contribution is 0.0702. The molecule has 1 aromatic rings. The van der Waals surface area contributed by atoms with E-state index in [0.29, 0.717) is 3.79 Å². The predicted molar refractivity (Wildman–Crippen MR) is 69.1 cm³/mol. The van der Waals surface area contributed by atoms with Crippen LogP contribution >= 0.6 is 27.3 Å². The first-order valence-corrected chi connectivity index (χ1v) is 7.73. The number of carboxylic acid groups (broad SMARTS) is 1. The van der Waals surface area contributed by atoms with Gasteiger partial charge >= 0.3 is 5.97 Å². The molecule has 0 spiro atoms. The molecule has 0 aliphatic rings.